The Kier molecular flexibility index (Phi) is 4.91. The number of aryl methyl sites for hydroxylation is 1. The molecule has 16 heavy (non-hydrogen) atoms. The molecule has 0 spiro atoms. The van der Waals surface area contributed by atoms with E-state index in [1.165, 1.54) is 0 Å². The van der Waals surface area contributed by atoms with E-state index in [1.54, 1.807) is 35.9 Å². The van der Waals surface area contributed by atoms with E-state index in [9.17, 15) is 4.79 Å². The first-order chi connectivity index (χ1) is 7.59. The third-order valence-electron chi connectivity index (χ3n) is 2.33. The number of hydrogen-bond donors (Lipinski definition) is 1. The summed E-state index contributed by atoms with van der Waals surface area (Å²) in [6.45, 7) is 2.83. The van der Waals surface area contributed by atoms with Crippen molar-refractivity contribution in [2.75, 3.05) is 13.6 Å². The van der Waals surface area contributed by atoms with Crippen LogP contribution >= 0.6 is 0 Å². The van der Waals surface area contributed by atoms with E-state index in [0.29, 0.717) is 25.9 Å². The van der Waals surface area contributed by atoms with E-state index in [0.717, 1.165) is 0 Å². The quantitative estimate of drug-likeness (QED) is 0.735. The minimum absolute atomic E-state index is 0.0520. The molecule has 0 fully saturated rings. The number of aromatic nitrogens is 3. The summed E-state index contributed by atoms with van der Waals surface area (Å²) in [7, 11) is 1.74. The number of rotatable bonds is 6. The van der Waals surface area contributed by atoms with Crippen LogP contribution in [0.15, 0.2) is 12.4 Å². The van der Waals surface area contributed by atoms with E-state index in [4.69, 9.17) is 5.11 Å². The predicted molar refractivity (Wildman–Crippen MR) is 58.6 cm³/mol. The third-order valence-corrected chi connectivity index (χ3v) is 2.33. The maximum atomic E-state index is 11.6. The Labute approximate surface area is 94.9 Å². The largest absolute Gasteiger partial charge is 0.393 e. The number of carbonyl (C=O) groups is 1. The summed E-state index contributed by atoms with van der Waals surface area (Å²) in [5, 5.41) is 16.5. The van der Waals surface area contributed by atoms with Crippen molar-refractivity contribution in [2.45, 2.75) is 32.4 Å². The number of aliphatic hydroxyl groups is 1. The first-order valence-corrected chi connectivity index (χ1v) is 5.35. The highest BCUT2D eigenvalue weighted by molar-refractivity contribution is 5.75. The molecule has 1 aromatic heterocycles. The second kappa shape index (κ2) is 6.22. The van der Waals surface area contributed by atoms with Gasteiger partial charge in [0.1, 0.15) is 0 Å². The van der Waals surface area contributed by atoms with Crippen LogP contribution in [0.3, 0.4) is 0 Å². The van der Waals surface area contributed by atoms with Gasteiger partial charge in [-0.2, -0.15) is 0 Å². The first kappa shape index (κ1) is 12.6. The fraction of sp³-hybridized carbons (Fsp3) is 0.700. The molecule has 1 unspecified atom stereocenters. The van der Waals surface area contributed by atoms with Crippen molar-refractivity contribution in [1.29, 1.82) is 0 Å². The zero-order chi connectivity index (χ0) is 12.0. The minimum atomic E-state index is -0.370. The lowest BCUT2D eigenvalue weighted by atomic mass is 10.2. The fourth-order valence-corrected chi connectivity index (χ4v) is 1.26. The lowest BCUT2D eigenvalue weighted by Crippen LogP contribution is -2.30. The molecule has 1 heterocycles. The summed E-state index contributed by atoms with van der Waals surface area (Å²) >= 11 is 0. The van der Waals surface area contributed by atoms with Gasteiger partial charge < -0.3 is 10.0 Å². The highest BCUT2D eigenvalue weighted by Gasteiger charge is 2.09. The Morgan fingerprint density at radius 1 is 1.62 bits per heavy atom. The summed E-state index contributed by atoms with van der Waals surface area (Å²) in [5.74, 6) is 0.0520. The minimum Gasteiger partial charge on any atom is -0.393 e. The number of nitrogens with zero attached hydrogens (tertiary/aromatic N) is 4. The average molecular weight is 226 g/mol. The highest BCUT2D eigenvalue weighted by Crippen LogP contribution is 1.98. The molecule has 0 aliphatic rings. The molecule has 0 aliphatic heterocycles. The topological polar surface area (TPSA) is 71.2 Å². The van der Waals surface area contributed by atoms with Gasteiger partial charge in [0.15, 0.2) is 0 Å². The third kappa shape index (κ3) is 4.39. The fourth-order valence-electron chi connectivity index (χ4n) is 1.26. The zero-order valence-electron chi connectivity index (χ0n) is 9.70. The molecule has 1 amide bonds. The van der Waals surface area contributed by atoms with Crippen LogP contribution in [0.1, 0.15) is 19.8 Å². The lowest BCUT2D eigenvalue weighted by molar-refractivity contribution is -0.130. The Hall–Kier alpha value is -1.43. The molecule has 0 aromatic carbocycles. The van der Waals surface area contributed by atoms with E-state index in [1.807, 2.05) is 0 Å². The molecule has 0 saturated carbocycles. The summed E-state index contributed by atoms with van der Waals surface area (Å²) in [5.41, 5.74) is 0. The van der Waals surface area contributed by atoms with E-state index in [2.05, 4.69) is 10.3 Å². The van der Waals surface area contributed by atoms with E-state index in [-0.39, 0.29) is 12.0 Å². The first-order valence-electron chi connectivity index (χ1n) is 5.35. The smallest absolute Gasteiger partial charge is 0.224 e. The van der Waals surface area contributed by atoms with Gasteiger partial charge in [0.25, 0.3) is 0 Å². The highest BCUT2D eigenvalue weighted by atomic mass is 16.3. The standard InChI is InChI=1S/C10H18N4O2/c1-9(15)3-6-13(2)10(16)4-7-14-8-5-11-12-14/h5,8-9,15H,3-4,6-7H2,1-2H3. The van der Waals surface area contributed by atoms with Crippen molar-refractivity contribution in [3.05, 3.63) is 12.4 Å². The molecule has 0 bridgehead atoms. The number of aliphatic hydroxyl groups excluding tert-OH is 1. The lowest BCUT2D eigenvalue weighted by Gasteiger charge is -2.17. The molecule has 1 atom stereocenters. The predicted octanol–water partition coefficient (Wildman–Crippen LogP) is -0.103. The Bertz CT molecular complexity index is 311. The van der Waals surface area contributed by atoms with Gasteiger partial charge in [-0.15, -0.1) is 5.10 Å². The summed E-state index contributed by atoms with van der Waals surface area (Å²) in [4.78, 5) is 13.3. The van der Waals surface area contributed by atoms with Crippen LogP contribution in [0, 0.1) is 0 Å². The molecular weight excluding hydrogens is 208 g/mol. The van der Waals surface area contributed by atoms with Crippen LogP contribution in [-0.4, -0.2) is 50.6 Å². The van der Waals surface area contributed by atoms with Gasteiger partial charge in [-0.1, -0.05) is 5.21 Å². The molecule has 6 nitrogen and oxygen atoms in total. The molecule has 1 aromatic rings. The SMILES string of the molecule is CC(O)CCN(C)C(=O)CCn1ccnn1. The van der Waals surface area contributed by atoms with Gasteiger partial charge in [-0.3, -0.25) is 9.48 Å². The summed E-state index contributed by atoms with van der Waals surface area (Å²) in [6, 6.07) is 0. The van der Waals surface area contributed by atoms with Crippen molar-refractivity contribution in [2.24, 2.45) is 0 Å². The molecular formula is C10H18N4O2. The molecule has 1 rings (SSSR count). The maximum absolute atomic E-state index is 11.6. The zero-order valence-corrected chi connectivity index (χ0v) is 9.70. The second-order valence-electron chi connectivity index (χ2n) is 3.87. The molecule has 90 valence electrons. The van der Waals surface area contributed by atoms with Crippen molar-refractivity contribution in [1.82, 2.24) is 19.9 Å². The van der Waals surface area contributed by atoms with Gasteiger partial charge in [0, 0.05) is 26.2 Å². The Morgan fingerprint density at radius 2 is 2.38 bits per heavy atom. The molecule has 6 heteroatoms. The van der Waals surface area contributed by atoms with Gasteiger partial charge in [-0.25, -0.2) is 0 Å². The van der Waals surface area contributed by atoms with Crippen molar-refractivity contribution in [3.8, 4) is 0 Å². The van der Waals surface area contributed by atoms with Crippen molar-refractivity contribution in [3.63, 3.8) is 0 Å². The van der Waals surface area contributed by atoms with Crippen LogP contribution in [0.4, 0.5) is 0 Å². The summed E-state index contributed by atoms with van der Waals surface area (Å²) in [6.07, 6.45) is 3.95. The normalized spacial score (nSPS) is 12.4. The van der Waals surface area contributed by atoms with E-state index < -0.39 is 0 Å². The number of amides is 1. The van der Waals surface area contributed by atoms with Gasteiger partial charge in [-0.05, 0) is 13.3 Å². The summed E-state index contributed by atoms with van der Waals surface area (Å²) < 4.78 is 1.63. The molecule has 0 aliphatic carbocycles. The molecule has 0 radical (unpaired) electrons. The van der Waals surface area contributed by atoms with Crippen molar-refractivity contribution < 1.29 is 9.90 Å². The monoisotopic (exact) mass is 226 g/mol. The molecule has 1 N–H and O–H groups in total. The van der Waals surface area contributed by atoms with E-state index >= 15 is 0 Å². The van der Waals surface area contributed by atoms with Crippen molar-refractivity contribution >= 4 is 5.91 Å². The van der Waals surface area contributed by atoms with Gasteiger partial charge >= 0.3 is 0 Å². The number of carbonyl (C=O) groups excluding carboxylic acids is 1. The van der Waals surface area contributed by atoms with Crippen LogP contribution in [-0.2, 0) is 11.3 Å². The van der Waals surface area contributed by atoms with Crippen LogP contribution in [0.25, 0.3) is 0 Å². The van der Waals surface area contributed by atoms with Crippen LogP contribution in [0.2, 0.25) is 0 Å². The second-order valence-corrected chi connectivity index (χ2v) is 3.87. The van der Waals surface area contributed by atoms with Crippen LogP contribution < -0.4 is 0 Å². The Morgan fingerprint density at radius 3 is 2.94 bits per heavy atom. The van der Waals surface area contributed by atoms with Crippen LogP contribution in [0.5, 0.6) is 0 Å². The molecule has 0 saturated heterocycles. The van der Waals surface area contributed by atoms with Gasteiger partial charge in [0.2, 0.25) is 5.91 Å². The maximum Gasteiger partial charge on any atom is 0.224 e. The van der Waals surface area contributed by atoms with Gasteiger partial charge in [0.05, 0.1) is 18.8 Å². The Balaban J connectivity index is 2.23. The average Bonchev–Trinajstić information content (AvgIpc) is 2.75. The number of hydrogen-bond acceptors (Lipinski definition) is 4.